The first-order valence-corrected chi connectivity index (χ1v) is 7.39. The molecule has 4 atom stereocenters. The lowest BCUT2D eigenvalue weighted by Gasteiger charge is -2.28. The van der Waals surface area contributed by atoms with Crippen LogP contribution in [0.1, 0.15) is 18.9 Å². The van der Waals surface area contributed by atoms with Crippen LogP contribution in [0.25, 0.3) is 0 Å². The van der Waals surface area contributed by atoms with Gasteiger partial charge in [-0.05, 0) is 36.3 Å². The monoisotopic (exact) mass is 284 g/mol. The van der Waals surface area contributed by atoms with Crippen molar-refractivity contribution in [3.8, 4) is 0 Å². The van der Waals surface area contributed by atoms with Crippen LogP contribution in [0.3, 0.4) is 0 Å². The highest BCUT2D eigenvalue weighted by Crippen LogP contribution is 2.48. The third-order valence-electron chi connectivity index (χ3n) is 4.69. The Morgan fingerprint density at radius 3 is 2.52 bits per heavy atom. The van der Waals surface area contributed by atoms with E-state index in [-0.39, 0.29) is 17.7 Å². The maximum absolute atomic E-state index is 12.6. The van der Waals surface area contributed by atoms with Gasteiger partial charge in [-0.25, -0.2) is 0 Å². The second-order valence-electron chi connectivity index (χ2n) is 5.82. The maximum atomic E-state index is 12.6. The van der Waals surface area contributed by atoms with Crippen LogP contribution in [0.5, 0.6) is 0 Å². The number of rotatable bonds is 4. The van der Waals surface area contributed by atoms with Crippen LogP contribution < -0.4 is 10.4 Å². The van der Waals surface area contributed by atoms with E-state index in [4.69, 9.17) is 0 Å². The molecule has 1 aromatic carbocycles. The molecule has 0 radical (unpaired) electrons. The number of carbonyl (C=O) groups excluding carboxylic acids is 2. The summed E-state index contributed by atoms with van der Waals surface area (Å²) in [6.45, 7) is 2.02. The molecule has 4 heteroatoms. The minimum atomic E-state index is -1.12. The Hall–Kier alpha value is -2.10. The normalized spacial score (nSPS) is 29.6. The quantitative estimate of drug-likeness (QED) is 0.849. The molecule has 0 saturated heterocycles. The van der Waals surface area contributed by atoms with Crippen molar-refractivity contribution in [3.63, 3.8) is 0 Å². The fourth-order valence-electron chi connectivity index (χ4n) is 3.67. The standard InChI is InChI=1S/C17H19NO3/c1-2-10-5-3-4-6-13(10)18-16(19)14-11-7-8-12(9-11)15(14)17(20)21/h3-8,11-12,14-15H,2,9H2,1H3,(H,18,19)(H,20,21)/p-1/t11-,12-,14-,15-/m0/s1. The summed E-state index contributed by atoms with van der Waals surface area (Å²) in [5, 5.41) is 14.3. The predicted molar refractivity (Wildman–Crippen MR) is 77.2 cm³/mol. The number of aryl methyl sites for hydroxylation is 1. The van der Waals surface area contributed by atoms with Gasteiger partial charge in [0.2, 0.25) is 5.91 Å². The van der Waals surface area contributed by atoms with Crippen LogP contribution in [0.4, 0.5) is 5.69 Å². The molecule has 2 aliphatic carbocycles. The van der Waals surface area contributed by atoms with Gasteiger partial charge in [-0.3, -0.25) is 4.79 Å². The smallest absolute Gasteiger partial charge is 0.228 e. The first kappa shape index (κ1) is 13.9. The summed E-state index contributed by atoms with van der Waals surface area (Å²) in [4.78, 5) is 23.9. The number of amides is 1. The topological polar surface area (TPSA) is 69.2 Å². The van der Waals surface area contributed by atoms with Gasteiger partial charge in [-0.15, -0.1) is 0 Å². The van der Waals surface area contributed by atoms with E-state index in [2.05, 4.69) is 5.32 Å². The molecule has 0 unspecified atom stereocenters. The molecule has 110 valence electrons. The summed E-state index contributed by atoms with van der Waals surface area (Å²) in [6.07, 6.45) is 5.44. The van der Waals surface area contributed by atoms with Gasteiger partial charge in [0.25, 0.3) is 0 Å². The minimum absolute atomic E-state index is 0.0201. The molecule has 3 rings (SSSR count). The van der Waals surface area contributed by atoms with Crippen molar-refractivity contribution in [2.24, 2.45) is 23.7 Å². The summed E-state index contributed by atoms with van der Waals surface area (Å²) in [6, 6.07) is 7.62. The van der Waals surface area contributed by atoms with Gasteiger partial charge in [-0.2, -0.15) is 0 Å². The number of aliphatic carboxylic acids is 1. The van der Waals surface area contributed by atoms with Gasteiger partial charge < -0.3 is 15.2 Å². The lowest BCUT2D eigenvalue weighted by atomic mass is 9.82. The maximum Gasteiger partial charge on any atom is 0.228 e. The molecule has 1 N–H and O–H groups in total. The average molecular weight is 284 g/mol. The summed E-state index contributed by atoms with van der Waals surface area (Å²) < 4.78 is 0. The zero-order valence-corrected chi connectivity index (χ0v) is 11.9. The van der Waals surface area contributed by atoms with Crippen LogP contribution in [0.15, 0.2) is 36.4 Å². The Kier molecular flexibility index (Phi) is 3.53. The van der Waals surface area contributed by atoms with Crippen molar-refractivity contribution in [1.29, 1.82) is 0 Å². The van der Waals surface area contributed by atoms with Gasteiger partial charge in [-0.1, -0.05) is 37.3 Å². The second-order valence-corrected chi connectivity index (χ2v) is 5.82. The molecule has 1 fully saturated rings. The molecule has 2 bridgehead atoms. The van der Waals surface area contributed by atoms with Crippen molar-refractivity contribution < 1.29 is 14.7 Å². The molecule has 1 saturated carbocycles. The Bertz CT molecular complexity index is 608. The zero-order chi connectivity index (χ0) is 15.0. The molecule has 0 heterocycles. The van der Waals surface area contributed by atoms with E-state index in [1.807, 2.05) is 43.3 Å². The van der Waals surface area contributed by atoms with Crippen LogP contribution in [0.2, 0.25) is 0 Å². The summed E-state index contributed by atoms with van der Waals surface area (Å²) in [7, 11) is 0. The van der Waals surface area contributed by atoms with Crippen molar-refractivity contribution in [1.82, 2.24) is 0 Å². The third kappa shape index (κ3) is 2.35. The molecule has 2 aliphatic rings. The number of hydrogen-bond donors (Lipinski definition) is 1. The Morgan fingerprint density at radius 1 is 1.19 bits per heavy atom. The number of carbonyl (C=O) groups is 2. The summed E-state index contributed by atoms with van der Waals surface area (Å²) in [5.74, 6) is -2.58. The van der Waals surface area contributed by atoms with Gasteiger partial charge in [0.05, 0.1) is 5.92 Å². The Labute approximate surface area is 123 Å². The number of nitrogens with one attached hydrogen (secondary N) is 1. The van der Waals surface area contributed by atoms with Crippen molar-refractivity contribution in [2.45, 2.75) is 19.8 Å². The fraction of sp³-hybridized carbons (Fsp3) is 0.412. The number of allylic oxidation sites excluding steroid dienone is 2. The molecule has 0 spiro atoms. The number of hydrogen-bond acceptors (Lipinski definition) is 3. The zero-order valence-electron chi connectivity index (χ0n) is 11.9. The Balaban J connectivity index is 1.82. The van der Waals surface area contributed by atoms with Crippen LogP contribution in [-0.4, -0.2) is 11.9 Å². The molecule has 21 heavy (non-hydrogen) atoms. The van der Waals surface area contributed by atoms with Crippen LogP contribution in [0, 0.1) is 23.7 Å². The first-order valence-electron chi connectivity index (χ1n) is 7.39. The largest absolute Gasteiger partial charge is 0.550 e. The number of anilines is 1. The van der Waals surface area contributed by atoms with E-state index in [1.165, 1.54) is 0 Å². The van der Waals surface area contributed by atoms with Crippen molar-refractivity contribution in [2.75, 3.05) is 5.32 Å². The minimum Gasteiger partial charge on any atom is -0.550 e. The van der Waals surface area contributed by atoms with Crippen molar-refractivity contribution in [3.05, 3.63) is 42.0 Å². The third-order valence-corrected chi connectivity index (χ3v) is 4.69. The van der Waals surface area contributed by atoms with E-state index >= 15 is 0 Å². The van der Waals surface area contributed by atoms with Gasteiger partial charge in [0.15, 0.2) is 0 Å². The molecule has 1 amide bonds. The van der Waals surface area contributed by atoms with Crippen LogP contribution >= 0.6 is 0 Å². The highest BCUT2D eigenvalue weighted by atomic mass is 16.4. The highest BCUT2D eigenvalue weighted by Gasteiger charge is 2.48. The molecule has 4 nitrogen and oxygen atoms in total. The number of para-hydroxylation sites is 1. The molecule has 0 aliphatic heterocycles. The molecular weight excluding hydrogens is 266 g/mol. The second kappa shape index (κ2) is 5.35. The van der Waals surface area contributed by atoms with Gasteiger partial charge >= 0.3 is 0 Å². The van der Waals surface area contributed by atoms with Gasteiger partial charge in [0.1, 0.15) is 0 Å². The Morgan fingerprint density at radius 2 is 1.86 bits per heavy atom. The highest BCUT2D eigenvalue weighted by molar-refractivity contribution is 5.96. The number of benzene rings is 1. The number of carboxylic acids is 1. The number of fused-ring (bicyclic) bond motifs is 2. The molecular formula is C17H18NO3-. The molecule has 0 aromatic heterocycles. The SMILES string of the molecule is CCc1ccccc1NC(=O)[C@@H]1[C@@H](C(=O)[O-])[C@H]2C=C[C@H]1C2. The average Bonchev–Trinajstić information content (AvgIpc) is 3.08. The first-order chi connectivity index (χ1) is 10.1. The summed E-state index contributed by atoms with van der Waals surface area (Å²) >= 11 is 0. The van der Waals surface area contributed by atoms with E-state index in [0.29, 0.717) is 0 Å². The summed E-state index contributed by atoms with van der Waals surface area (Å²) in [5.41, 5.74) is 1.82. The van der Waals surface area contributed by atoms with Crippen LogP contribution in [-0.2, 0) is 16.0 Å². The van der Waals surface area contributed by atoms with Gasteiger partial charge in [0, 0.05) is 17.6 Å². The fourth-order valence-corrected chi connectivity index (χ4v) is 3.67. The van der Waals surface area contributed by atoms with Crippen molar-refractivity contribution >= 4 is 17.6 Å². The lowest BCUT2D eigenvalue weighted by molar-refractivity contribution is -0.313. The van der Waals surface area contributed by atoms with E-state index in [0.717, 1.165) is 24.1 Å². The van der Waals surface area contributed by atoms with E-state index < -0.39 is 17.8 Å². The molecule has 1 aromatic rings. The predicted octanol–water partition coefficient (Wildman–Crippen LogP) is 1.38. The van der Waals surface area contributed by atoms with E-state index in [9.17, 15) is 14.7 Å². The van der Waals surface area contributed by atoms with E-state index in [1.54, 1.807) is 0 Å². The number of carboxylic acid groups (broad SMARTS) is 1. The lowest BCUT2D eigenvalue weighted by Crippen LogP contribution is -2.43.